The predicted molar refractivity (Wildman–Crippen MR) is 70.1 cm³/mol. The van der Waals surface area contributed by atoms with Gasteiger partial charge in [-0.15, -0.1) is 0 Å². The molecule has 1 amide bonds. The summed E-state index contributed by atoms with van der Waals surface area (Å²) >= 11 is 0. The van der Waals surface area contributed by atoms with Crippen LogP contribution in [0.3, 0.4) is 0 Å². The van der Waals surface area contributed by atoms with Crippen LogP contribution in [0.4, 0.5) is 0 Å². The molecular formula is C14H18N2O3. The van der Waals surface area contributed by atoms with Crippen LogP contribution in [0.1, 0.15) is 53.5 Å². The maximum Gasteiger partial charge on any atom is 0.354 e. The Morgan fingerprint density at radius 2 is 2.16 bits per heavy atom. The third-order valence-corrected chi connectivity index (χ3v) is 4.03. The Balaban J connectivity index is 1.94. The van der Waals surface area contributed by atoms with E-state index in [0.29, 0.717) is 12.1 Å². The van der Waals surface area contributed by atoms with Gasteiger partial charge >= 0.3 is 5.97 Å². The lowest BCUT2D eigenvalue weighted by Gasteiger charge is -2.41. The summed E-state index contributed by atoms with van der Waals surface area (Å²) in [7, 11) is 0. The van der Waals surface area contributed by atoms with E-state index in [2.05, 4.69) is 17.2 Å². The molecule has 0 bridgehead atoms. The monoisotopic (exact) mass is 262 g/mol. The number of hydrogen-bond donors (Lipinski definition) is 2. The third kappa shape index (κ3) is 2.92. The number of carboxylic acids is 1. The fourth-order valence-corrected chi connectivity index (χ4v) is 2.36. The summed E-state index contributed by atoms with van der Waals surface area (Å²) in [4.78, 5) is 26.3. The van der Waals surface area contributed by atoms with Gasteiger partial charge in [0.05, 0.1) is 5.56 Å². The van der Waals surface area contributed by atoms with Crippen molar-refractivity contribution in [3.63, 3.8) is 0 Å². The van der Waals surface area contributed by atoms with Crippen LogP contribution in [0.5, 0.6) is 0 Å². The van der Waals surface area contributed by atoms with Gasteiger partial charge in [0, 0.05) is 12.7 Å². The van der Waals surface area contributed by atoms with Crippen molar-refractivity contribution in [1.29, 1.82) is 0 Å². The first-order valence-corrected chi connectivity index (χ1v) is 6.54. The minimum absolute atomic E-state index is 0.0550. The summed E-state index contributed by atoms with van der Waals surface area (Å²) in [5.41, 5.74) is 0.612. The molecule has 2 rings (SSSR count). The van der Waals surface area contributed by atoms with E-state index in [4.69, 9.17) is 5.11 Å². The van der Waals surface area contributed by atoms with Gasteiger partial charge in [0.1, 0.15) is 5.69 Å². The van der Waals surface area contributed by atoms with Crippen molar-refractivity contribution in [3.8, 4) is 0 Å². The summed E-state index contributed by atoms with van der Waals surface area (Å²) < 4.78 is 0. The van der Waals surface area contributed by atoms with Crippen LogP contribution in [0.15, 0.2) is 18.3 Å². The number of nitrogens with one attached hydrogen (secondary N) is 1. The molecule has 0 unspecified atom stereocenters. The van der Waals surface area contributed by atoms with Gasteiger partial charge < -0.3 is 10.4 Å². The van der Waals surface area contributed by atoms with Crippen molar-refractivity contribution < 1.29 is 14.7 Å². The number of hydrogen-bond acceptors (Lipinski definition) is 3. The topological polar surface area (TPSA) is 79.3 Å². The van der Waals surface area contributed by atoms with E-state index >= 15 is 0 Å². The van der Waals surface area contributed by atoms with E-state index in [1.807, 2.05) is 0 Å². The Hall–Kier alpha value is -1.91. The summed E-state index contributed by atoms with van der Waals surface area (Å²) in [5.74, 6) is -1.28. The molecule has 19 heavy (non-hydrogen) atoms. The smallest absolute Gasteiger partial charge is 0.354 e. The van der Waals surface area contributed by atoms with Crippen LogP contribution in [0.25, 0.3) is 0 Å². The van der Waals surface area contributed by atoms with Gasteiger partial charge in [-0.25, -0.2) is 9.78 Å². The molecular weight excluding hydrogens is 244 g/mol. The summed E-state index contributed by atoms with van der Waals surface area (Å²) in [5, 5.41) is 11.6. The van der Waals surface area contributed by atoms with Crippen LogP contribution in [0, 0.1) is 5.41 Å². The first-order valence-electron chi connectivity index (χ1n) is 6.54. The zero-order chi connectivity index (χ0) is 13.9. The molecule has 5 nitrogen and oxygen atoms in total. The Morgan fingerprint density at radius 1 is 1.42 bits per heavy atom. The number of carbonyl (C=O) groups excluding carboxylic acids is 1. The van der Waals surface area contributed by atoms with E-state index in [1.54, 1.807) is 0 Å². The minimum atomic E-state index is -1.09. The van der Waals surface area contributed by atoms with Gasteiger partial charge in [0.2, 0.25) is 0 Å². The molecule has 5 heteroatoms. The summed E-state index contributed by atoms with van der Waals surface area (Å²) in [6.07, 6.45) is 5.94. The molecule has 1 aliphatic rings. The highest BCUT2D eigenvalue weighted by Gasteiger charge is 2.35. The number of nitrogens with zero attached hydrogens (tertiary/aromatic N) is 1. The van der Waals surface area contributed by atoms with Gasteiger partial charge in [0.15, 0.2) is 0 Å². The summed E-state index contributed by atoms with van der Waals surface area (Å²) in [6, 6.07) is 2.83. The van der Waals surface area contributed by atoms with Gasteiger partial charge in [0.25, 0.3) is 5.91 Å². The molecule has 102 valence electrons. The molecule has 0 radical (unpaired) electrons. The number of rotatable bonds is 5. The minimum Gasteiger partial charge on any atom is -0.477 e. The maximum atomic E-state index is 11.9. The number of aromatic nitrogens is 1. The number of carbonyl (C=O) groups is 2. The van der Waals surface area contributed by atoms with E-state index in [9.17, 15) is 9.59 Å². The number of aromatic carboxylic acids is 1. The first kappa shape index (κ1) is 13.5. The molecule has 0 spiro atoms. The summed E-state index contributed by atoms with van der Waals surface area (Å²) in [6.45, 7) is 2.83. The standard InChI is InChI=1S/C14H18N2O3/c1-2-14(6-3-7-14)9-16-12(17)10-4-5-11(13(18)19)15-8-10/h4-5,8H,2-3,6-7,9H2,1H3,(H,16,17)(H,18,19). The predicted octanol–water partition coefficient (Wildman–Crippen LogP) is 2.09. The Kier molecular flexibility index (Phi) is 3.83. The second kappa shape index (κ2) is 5.38. The van der Waals surface area contributed by atoms with Gasteiger partial charge in [-0.3, -0.25) is 4.79 Å². The molecule has 2 N–H and O–H groups in total. The average Bonchev–Trinajstić information content (AvgIpc) is 2.38. The highest BCUT2D eigenvalue weighted by molar-refractivity contribution is 5.94. The average molecular weight is 262 g/mol. The molecule has 0 atom stereocenters. The van der Waals surface area contributed by atoms with Crippen molar-refractivity contribution >= 4 is 11.9 Å². The SMILES string of the molecule is CCC1(CNC(=O)c2ccc(C(=O)O)nc2)CCC1. The molecule has 1 aromatic rings. The van der Waals surface area contributed by atoms with Crippen LogP contribution >= 0.6 is 0 Å². The van der Waals surface area contributed by atoms with Crippen LogP contribution in [0.2, 0.25) is 0 Å². The Bertz CT molecular complexity index is 472. The third-order valence-electron chi connectivity index (χ3n) is 4.03. The van der Waals surface area contributed by atoms with Crippen LogP contribution in [-0.4, -0.2) is 28.5 Å². The quantitative estimate of drug-likeness (QED) is 0.851. The molecule has 0 aromatic carbocycles. The van der Waals surface area contributed by atoms with E-state index in [-0.39, 0.29) is 17.0 Å². The Labute approximate surface area is 112 Å². The molecule has 1 heterocycles. The second-order valence-electron chi connectivity index (χ2n) is 5.13. The van der Waals surface area contributed by atoms with Crippen molar-refractivity contribution in [1.82, 2.24) is 10.3 Å². The van der Waals surface area contributed by atoms with Gasteiger partial charge in [-0.2, -0.15) is 0 Å². The molecule has 1 aromatic heterocycles. The lowest BCUT2D eigenvalue weighted by Crippen LogP contribution is -2.41. The van der Waals surface area contributed by atoms with Gasteiger partial charge in [-0.05, 0) is 36.8 Å². The number of amides is 1. The first-order chi connectivity index (χ1) is 9.06. The molecule has 1 fully saturated rings. The van der Waals surface area contributed by atoms with Crippen LogP contribution < -0.4 is 5.32 Å². The Morgan fingerprint density at radius 3 is 2.58 bits per heavy atom. The zero-order valence-corrected chi connectivity index (χ0v) is 11.0. The highest BCUT2D eigenvalue weighted by Crippen LogP contribution is 2.43. The highest BCUT2D eigenvalue weighted by atomic mass is 16.4. The largest absolute Gasteiger partial charge is 0.477 e. The fraction of sp³-hybridized carbons (Fsp3) is 0.500. The normalized spacial score (nSPS) is 16.5. The van der Waals surface area contributed by atoms with E-state index < -0.39 is 5.97 Å². The van der Waals surface area contributed by atoms with Crippen molar-refractivity contribution in [2.45, 2.75) is 32.6 Å². The van der Waals surface area contributed by atoms with Crippen molar-refractivity contribution in [2.75, 3.05) is 6.54 Å². The zero-order valence-electron chi connectivity index (χ0n) is 11.0. The lowest BCUT2D eigenvalue weighted by molar-refractivity contribution is 0.0689. The number of pyridine rings is 1. The molecule has 1 saturated carbocycles. The van der Waals surface area contributed by atoms with Crippen LogP contribution in [-0.2, 0) is 0 Å². The molecule has 1 aliphatic carbocycles. The second-order valence-corrected chi connectivity index (χ2v) is 5.13. The van der Waals surface area contributed by atoms with Crippen molar-refractivity contribution in [3.05, 3.63) is 29.6 Å². The lowest BCUT2D eigenvalue weighted by atomic mass is 9.67. The number of carboxylic acid groups (broad SMARTS) is 1. The molecule has 0 saturated heterocycles. The maximum absolute atomic E-state index is 11.9. The van der Waals surface area contributed by atoms with Crippen molar-refractivity contribution in [2.24, 2.45) is 5.41 Å². The van der Waals surface area contributed by atoms with E-state index in [0.717, 1.165) is 6.42 Å². The van der Waals surface area contributed by atoms with E-state index in [1.165, 1.54) is 37.6 Å². The molecule has 0 aliphatic heterocycles. The van der Waals surface area contributed by atoms with Gasteiger partial charge in [-0.1, -0.05) is 13.3 Å². The fourth-order valence-electron chi connectivity index (χ4n) is 2.36.